The second kappa shape index (κ2) is 8.83. The maximum atomic E-state index is 9.95. The zero-order valence-electron chi connectivity index (χ0n) is 22.1. The first-order chi connectivity index (χ1) is 18.1. The van der Waals surface area contributed by atoms with E-state index in [2.05, 4.69) is 48.2 Å². The Labute approximate surface area is 220 Å². The molecule has 6 atom stereocenters. The first-order valence-corrected chi connectivity index (χ1v) is 14.3. The maximum Gasteiger partial charge on any atom is 0.141 e. The largest absolute Gasteiger partial charge is 0.485 e. The molecule has 5 aliphatic carbocycles. The van der Waals surface area contributed by atoms with Crippen LogP contribution in [0.3, 0.4) is 0 Å². The van der Waals surface area contributed by atoms with Gasteiger partial charge in [-0.3, -0.25) is 4.90 Å². The summed E-state index contributed by atoms with van der Waals surface area (Å²) in [5, 5.41) is 9.95. The molecule has 1 aliphatic heterocycles. The molecule has 0 amide bonds. The zero-order chi connectivity index (χ0) is 25.2. The molecule has 2 aromatic rings. The SMILES string of the molecule is CCN(CC1CC1)[C@@H]1Cc2ccc(C#N)c3c2C2[C@@H](O3)[C@@]3(OC)CC[C@]21C[C@@H]3COCc1ccccc1. The number of fused-ring (bicyclic) bond motifs is 2. The van der Waals surface area contributed by atoms with E-state index in [0.29, 0.717) is 24.8 Å². The Hall–Kier alpha value is -2.39. The molecule has 2 aromatic carbocycles. The fourth-order valence-electron chi connectivity index (χ4n) is 8.72. The standard InChI is InChI=1S/C32H38N2O3/c1-3-34(18-21-9-10-21)26-15-23-11-12-24(17-33)29-27(23)28-30(37-29)32(35-2)14-13-31(26,28)16-25(32)20-36-19-22-7-5-4-6-8-22/h4-8,11-12,21,25-26,28,30H,3,9-10,13-16,18-20H2,1-2H3/t25-,26-,28?,30-,31-,32-/m1/s1. The molecule has 2 bridgehead atoms. The summed E-state index contributed by atoms with van der Waals surface area (Å²) < 4.78 is 19.8. The minimum Gasteiger partial charge on any atom is -0.485 e. The highest BCUT2D eigenvalue weighted by molar-refractivity contribution is 5.60. The van der Waals surface area contributed by atoms with Crippen LogP contribution in [0, 0.1) is 28.6 Å². The number of methoxy groups -OCH3 is 1. The lowest BCUT2D eigenvalue weighted by molar-refractivity contribution is -0.242. The van der Waals surface area contributed by atoms with Crippen molar-refractivity contribution in [2.45, 2.75) is 75.7 Å². The number of nitriles is 1. The molecule has 1 heterocycles. The number of rotatable bonds is 9. The Morgan fingerprint density at radius 1 is 1.14 bits per heavy atom. The Balaban J connectivity index is 1.28. The predicted octanol–water partition coefficient (Wildman–Crippen LogP) is 5.46. The van der Waals surface area contributed by atoms with Crippen molar-refractivity contribution in [1.29, 1.82) is 5.26 Å². The van der Waals surface area contributed by atoms with Crippen molar-refractivity contribution in [2.75, 3.05) is 26.8 Å². The van der Waals surface area contributed by atoms with Gasteiger partial charge in [0.15, 0.2) is 0 Å². The summed E-state index contributed by atoms with van der Waals surface area (Å²) in [5.41, 5.74) is 4.34. The third-order valence-corrected chi connectivity index (χ3v) is 10.6. The van der Waals surface area contributed by atoms with E-state index in [1.807, 2.05) is 19.2 Å². The molecule has 37 heavy (non-hydrogen) atoms. The Bertz CT molecular complexity index is 1220. The Morgan fingerprint density at radius 2 is 1.97 bits per heavy atom. The summed E-state index contributed by atoms with van der Waals surface area (Å²) in [4.78, 5) is 2.81. The van der Waals surface area contributed by atoms with Crippen LogP contribution in [0.15, 0.2) is 42.5 Å². The molecule has 0 N–H and O–H groups in total. The normalized spacial score (nSPS) is 34.8. The van der Waals surface area contributed by atoms with E-state index < -0.39 is 0 Å². The second-order valence-corrected chi connectivity index (χ2v) is 12.2. The van der Waals surface area contributed by atoms with Crippen LogP contribution in [0.4, 0.5) is 0 Å². The van der Waals surface area contributed by atoms with Crippen LogP contribution in [0.1, 0.15) is 67.2 Å². The fraction of sp³-hybridized carbons (Fsp3) is 0.594. The third kappa shape index (κ3) is 3.45. The topological polar surface area (TPSA) is 54.7 Å². The fourth-order valence-corrected chi connectivity index (χ4v) is 8.72. The van der Waals surface area contributed by atoms with E-state index in [-0.39, 0.29) is 29.0 Å². The third-order valence-electron chi connectivity index (χ3n) is 10.6. The van der Waals surface area contributed by atoms with Crippen LogP contribution >= 0.6 is 0 Å². The van der Waals surface area contributed by atoms with Crippen LogP contribution in [-0.4, -0.2) is 49.5 Å². The first kappa shape index (κ1) is 23.7. The van der Waals surface area contributed by atoms with E-state index in [4.69, 9.17) is 14.2 Å². The van der Waals surface area contributed by atoms with Crippen molar-refractivity contribution in [3.63, 3.8) is 0 Å². The first-order valence-electron chi connectivity index (χ1n) is 14.3. The molecule has 4 fully saturated rings. The second-order valence-electron chi connectivity index (χ2n) is 12.2. The van der Waals surface area contributed by atoms with Gasteiger partial charge in [0.25, 0.3) is 0 Å². The Kier molecular flexibility index (Phi) is 5.66. The summed E-state index contributed by atoms with van der Waals surface area (Å²) in [6.45, 7) is 5.93. The lowest BCUT2D eigenvalue weighted by Gasteiger charge is -2.66. The highest BCUT2D eigenvalue weighted by Gasteiger charge is 2.72. The van der Waals surface area contributed by atoms with Gasteiger partial charge in [0.2, 0.25) is 0 Å². The molecule has 6 aliphatic rings. The van der Waals surface area contributed by atoms with Crippen molar-refractivity contribution in [3.8, 4) is 11.8 Å². The molecule has 194 valence electrons. The van der Waals surface area contributed by atoms with Gasteiger partial charge in [-0.25, -0.2) is 0 Å². The van der Waals surface area contributed by atoms with Crippen LogP contribution in [0.25, 0.3) is 0 Å². The molecule has 0 radical (unpaired) electrons. The van der Waals surface area contributed by atoms with Gasteiger partial charge in [-0.15, -0.1) is 0 Å². The highest BCUT2D eigenvalue weighted by atomic mass is 16.6. The van der Waals surface area contributed by atoms with Gasteiger partial charge >= 0.3 is 0 Å². The van der Waals surface area contributed by atoms with E-state index in [0.717, 1.165) is 43.9 Å². The van der Waals surface area contributed by atoms with Crippen LogP contribution in [-0.2, 0) is 22.5 Å². The number of hydrogen-bond donors (Lipinski definition) is 0. The lowest BCUT2D eigenvalue weighted by Crippen LogP contribution is -2.72. The van der Waals surface area contributed by atoms with Crippen molar-refractivity contribution >= 4 is 0 Å². The zero-order valence-corrected chi connectivity index (χ0v) is 22.1. The molecule has 8 rings (SSSR count). The van der Waals surface area contributed by atoms with E-state index in [1.54, 1.807) is 0 Å². The van der Waals surface area contributed by atoms with Gasteiger partial charge in [0, 0.05) is 37.1 Å². The molecule has 4 saturated carbocycles. The van der Waals surface area contributed by atoms with Crippen LogP contribution in [0.2, 0.25) is 0 Å². The summed E-state index contributed by atoms with van der Waals surface area (Å²) >= 11 is 0. The summed E-state index contributed by atoms with van der Waals surface area (Å²) in [5.74, 6) is 2.26. The van der Waals surface area contributed by atoms with Gasteiger partial charge in [0.1, 0.15) is 23.5 Å². The molecule has 5 nitrogen and oxygen atoms in total. The average molecular weight is 499 g/mol. The summed E-state index contributed by atoms with van der Waals surface area (Å²) in [7, 11) is 1.87. The number of nitrogens with zero attached hydrogens (tertiary/aromatic N) is 2. The Morgan fingerprint density at radius 3 is 2.70 bits per heavy atom. The molecule has 5 heteroatoms. The smallest absolute Gasteiger partial charge is 0.141 e. The van der Waals surface area contributed by atoms with Crippen molar-refractivity contribution < 1.29 is 14.2 Å². The number of likely N-dealkylation sites (N-methyl/N-ethyl adjacent to an activating group) is 1. The molecular weight excluding hydrogens is 460 g/mol. The molecule has 1 unspecified atom stereocenters. The predicted molar refractivity (Wildman–Crippen MR) is 141 cm³/mol. The van der Waals surface area contributed by atoms with Crippen LogP contribution in [0.5, 0.6) is 5.75 Å². The van der Waals surface area contributed by atoms with Gasteiger partial charge in [0.05, 0.1) is 18.8 Å². The molecule has 0 saturated heterocycles. The average Bonchev–Trinajstić information content (AvgIpc) is 3.66. The van der Waals surface area contributed by atoms with Crippen molar-refractivity contribution in [2.24, 2.45) is 17.3 Å². The minimum atomic E-state index is -0.387. The quantitative estimate of drug-likeness (QED) is 0.459. The summed E-state index contributed by atoms with van der Waals surface area (Å²) in [6, 6.07) is 17.6. The minimum absolute atomic E-state index is 0.0593. The van der Waals surface area contributed by atoms with E-state index >= 15 is 0 Å². The summed E-state index contributed by atoms with van der Waals surface area (Å²) in [6.07, 6.45) is 6.99. The van der Waals surface area contributed by atoms with Gasteiger partial charge < -0.3 is 14.2 Å². The lowest BCUT2D eigenvalue weighted by atomic mass is 9.43. The van der Waals surface area contributed by atoms with Gasteiger partial charge in [-0.2, -0.15) is 5.26 Å². The van der Waals surface area contributed by atoms with E-state index in [9.17, 15) is 5.26 Å². The molecular formula is C32H38N2O3. The van der Waals surface area contributed by atoms with E-state index in [1.165, 1.54) is 36.1 Å². The van der Waals surface area contributed by atoms with Crippen molar-refractivity contribution in [3.05, 3.63) is 64.7 Å². The monoisotopic (exact) mass is 498 g/mol. The van der Waals surface area contributed by atoms with Crippen molar-refractivity contribution in [1.82, 2.24) is 4.90 Å². The van der Waals surface area contributed by atoms with Gasteiger partial charge in [-0.1, -0.05) is 43.3 Å². The van der Waals surface area contributed by atoms with Gasteiger partial charge in [-0.05, 0) is 73.6 Å². The maximum absolute atomic E-state index is 9.95. The number of hydrogen-bond acceptors (Lipinski definition) is 5. The highest BCUT2D eigenvalue weighted by Crippen LogP contribution is 2.71. The molecule has 0 aromatic heterocycles. The number of ether oxygens (including phenoxy) is 3. The molecule has 1 spiro atoms. The number of benzene rings is 2. The van der Waals surface area contributed by atoms with Crippen LogP contribution < -0.4 is 4.74 Å².